The van der Waals surface area contributed by atoms with E-state index in [4.69, 9.17) is 0 Å². The van der Waals surface area contributed by atoms with Crippen molar-refractivity contribution >= 4 is 11.8 Å². The minimum atomic E-state index is -0.0524. The van der Waals surface area contributed by atoms with Crippen LogP contribution >= 0.6 is 0 Å². The Labute approximate surface area is 142 Å². The molecule has 5 heteroatoms. The molecule has 2 atom stereocenters. The molecule has 1 aromatic rings. The second kappa shape index (κ2) is 6.40. The average Bonchev–Trinajstić information content (AvgIpc) is 3.27. The van der Waals surface area contributed by atoms with Crippen molar-refractivity contribution in [2.45, 2.75) is 44.4 Å². The van der Waals surface area contributed by atoms with Crippen molar-refractivity contribution in [1.82, 2.24) is 15.5 Å². The summed E-state index contributed by atoms with van der Waals surface area (Å²) in [6.07, 6.45) is 6.67. The van der Waals surface area contributed by atoms with E-state index in [9.17, 15) is 9.59 Å². The number of amides is 2. The molecular weight excluding hydrogens is 302 g/mol. The molecule has 126 valence electrons. The molecule has 0 bridgehead atoms. The van der Waals surface area contributed by atoms with E-state index in [1.165, 1.54) is 11.1 Å². The van der Waals surface area contributed by atoms with Gasteiger partial charge in [0.1, 0.15) is 0 Å². The summed E-state index contributed by atoms with van der Waals surface area (Å²) in [6, 6.07) is 8.10. The van der Waals surface area contributed by atoms with Crippen LogP contribution in [0.1, 0.15) is 30.4 Å². The summed E-state index contributed by atoms with van der Waals surface area (Å²) in [7, 11) is 0. The summed E-state index contributed by atoms with van der Waals surface area (Å²) >= 11 is 0. The average molecular weight is 325 g/mol. The Bertz CT molecular complexity index is 652. The Hall–Kier alpha value is -2.14. The topological polar surface area (TPSA) is 61.4 Å². The lowest BCUT2D eigenvalue weighted by atomic mass is 10.1. The highest BCUT2D eigenvalue weighted by molar-refractivity contribution is 5.88. The van der Waals surface area contributed by atoms with E-state index >= 15 is 0 Å². The van der Waals surface area contributed by atoms with E-state index in [0.717, 1.165) is 25.8 Å². The first-order chi connectivity index (χ1) is 11.7. The molecule has 0 aromatic heterocycles. The zero-order chi connectivity index (χ0) is 16.5. The van der Waals surface area contributed by atoms with Gasteiger partial charge in [0.2, 0.25) is 11.8 Å². The van der Waals surface area contributed by atoms with Crippen molar-refractivity contribution in [3.63, 3.8) is 0 Å². The van der Waals surface area contributed by atoms with Gasteiger partial charge in [-0.2, -0.15) is 0 Å². The normalized spacial score (nSPS) is 23.7. The van der Waals surface area contributed by atoms with Crippen molar-refractivity contribution in [3.05, 3.63) is 47.5 Å². The van der Waals surface area contributed by atoms with E-state index in [1.807, 2.05) is 23.1 Å². The maximum atomic E-state index is 12.5. The van der Waals surface area contributed by atoms with Crippen LogP contribution in [-0.4, -0.2) is 35.3 Å². The van der Waals surface area contributed by atoms with Crippen LogP contribution in [0.5, 0.6) is 0 Å². The number of carbonyl (C=O) groups excluding carboxylic acids is 2. The van der Waals surface area contributed by atoms with Crippen molar-refractivity contribution < 1.29 is 9.59 Å². The second-order valence-electron chi connectivity index (χ2n) is 6.99. The highest BCUT2D eigenvalue weighted by Gasteiger charge is 2.33. The van der Waals surface area contributed by atoms with Crippen LogP contribution in [0, 0.1) is 5.92 Å². The molecule has 2 N–H and O–H groups in total. The van der Waals surface area contributed by atoms with E-state index in [-0.39, 0.29) is 23.9 Å². The first-order valence-electron chi connectivity index (χ1n) is 8.78. The SMILES string of the molecule is O=C(N[C@H](C=CC(=O)N1Cc2ccccc2C1)C1CC1)[C@@H]1CCN1. The van der Waals surface area contributed by atoms with Gasteiger partial charge in [-0.05, 0) is 42.9 Å². The minimum absolute atomic E-state index is 0.0196. The lowest BCUT2D eigenvalue weighted by molar-refractivity contribution is -0.127. The van der Waals surface area contributed by atoms with E-state index < -0.39 is 0 Å². The summed E-state index contributed by atoms with van der Waals surface area (Å²) in [5, 5.41) is 6.20. The summed E-state index contributed by atoms with van der Waals surface area (Å²) in [4.78, 5) is 26.4. The smallest absolute Gasteiger partial charge is 0.246 e. The number of carbonyl (C=O) groups is 2. The van der Waals surface area contributed by atoms with Gasteiger partial charge in [-0.3, -0.25) is 9.59 Å². The first-order valence-corrected chi connectivity index (χ1v) is 8.78. The predicted octanol–water partition coefficient (Wildman–Crippen LogP) is 1.34. The third kappa shape index (κ3) is 3.22. The highest BCUT2D eigenvalue weighted by Crippen LogP contribution is 2.33. The molecule has 3 aliphatic rings. The van der Waals surface area contributed by atoms with Crippen molar-refractivity contribution in [2.24, 2.45) is 5.92 Å². The predicted molar refractivity (Wildman–Crippen MR) is 90.9 cm³/mol. The van der Waals surface area contributed by atoms with E-state index in [0.29, 0.717) is 19.0 Å². The molecule has 0 spiro atoms. The molecule has 4 rings (SSSR count). The van der Waals surface area contributed by atoms with Crippen molar-refractivity contribution in [2.75, 3.05) is 6.54 Å². The van der Waals surface area contributed by atoms with Gasteiger partial charge in [0.15, 0.2) is 0 Å². The van der Waals surface area contributed by atoms with Gasteiger partial charge in [0, 0.05) is 19.2 Å². The third-order valence-electron chi connectivity index (χ3n) is 5.18. The summed E-state index contributed by atoms with van der Waals surface area (Å²) in [5.74, 6) is 0.561. The molecule has 2 amide bonds. The van der Waals surface area contributed by atoms with Gasteiger partial charge >= 0.3 is 0 Å². The number of hydrogen-bond acceptors (Lipinski definition) is 3. The van der Waals surface area contributed by atoms with Gasteiger partial charge in [-0.1, -0.05) is 30.3 Å². The number of nitrogens with zero attached hydrogens (tertiary/aromatic N) is 1. The van der Waals surface area contributed by atoms with Crippen molar-refractivity contribution in [1.29, 1.82) is 0 Å². The maximum Gasteiger partial charge on any atom is 0.246 e. The fourth-order valence-electron chi connectivity index (χ4n) is 3.34. The monoisotopic (exact) mass is 325 g/mol. The molecule has 1 aliphatic carbocycles. The molecule has 24 heavy (non-hydrogen) atoms. The van der Waals surface area contributed by atoms with Crippen LogP contribution in [0.15, 0.2) is 36.4 Å². The highest BCUT2D eigenvalue weighted by atomic mass is 16.2. The Morgan fingerprint density at radius 1 is 1.17 bits per heavy atom. The van der Waals surface area contributed by atoms with Crippen LogP contribution in [0.2, 0.25) is 0 Å². The Morgan fingerprint density at radius 2 is 1.83 bits per heavy atom. The summed E-state index contributed by atoms with van der Waals surface area (Å²) in [6.45, 7) is 2.26. The van der Waals surface area contributed by atoms with Gasteiger partial charge in [-0.25, -0.2) is 0 Å². The van der Waals surface area contributed by atoms with Crippen LogP contribution in [0.4, 0.5) is 0 Å². The second-order valence-corrected chi connectivity index (χ2v) is 6.99. The molecule has 5 nitrogen and oxygen atoms in total. The molecule has 2 aliphatic heterocycles. The number of benzene rings is 1. The zero-order valence-corrected chi connectivity index (χ0v) is 13.7. The molecule has 0 radical (unpaired) electrons. The fourth-order valence-corrected chi connectivity index (χ4v) is 3.34. The Morgan fingerprint density at radius 3 is 2.38 bits per heavy atom. The number of hydrogen-bond donors (Lipinski definition) is 2. The molecule has 2 fully saturated rings. The zero-order valence-electron chi connectivity index (χ0n) is 13.7. The summed E-state index contributed by atoms with van der Waals surface area (Å²) < 4.78 is 0. The number of rotatable bonds is 5. The molecule has 1 aromatic carbocycles. The summed E-state index contributed by atoms with van der Waals surface area (Å²) in [5.41, 5.74) is 2.45. The van der Waals surface area contributed by atoms with Crippen LogP contribution in [0.25, 0.3) is 0 Å². The Kier molecular flexibility index (Phi) is 4.10. The largest absolute Gasteiger partial charge is 0.348 e. The van der Waals surface area contributed by atoms with Crippen LogP contribution in [0.3, 0.4) is 0 Å². The van der Waals surface area contributed by atoms with E-state index in [2.05, 4.69) is 22.8 Å². The standard InChI is InChI=1S/C19H23N3O2/c23-18(22-11-14-3-1-2-4-15(14)12-22)8-7-16(13-5-6-13)21-19(24)17-9-10-20-17/h1-4,7-8,13,16-17,20H,5-6,9-12H2,(H,21,24)/t16-,17+/m1/s1. The Balaban J connectivity index is 1.36. The van der Waals surface area contributed by atoms with Gasteiger partial charge < -0.3 is 15.5 Å². The van der Waals surface area contributed by atoms with Gasteiger partial charge in [0.05, 0.1) is 12.1 Å². The first kappa shape index (κ1) is 15.4. The maximum absolute atomic E-state index is 12.5. The third-order valence-corrected chi connectivity index (χ3v) is 5.18. The van der Waals surface area contributed by atoms with E-state index in [1.54, 1.807) is 6.08 Å². The molecule has 2 heterocycles. The van der Waals surface area contributed by atoms with Crippen LogP contribution in [-0.2, 0) is 22.7 Å². The van der Waals surface area contributed by atoms with Crippen LogP contribution < -0.4 is 10.6 Å². The van der Waals surface area contributed by atoms with Crippen molar-refractivity contribution in [3.8, 4) is 0 Å². The quantitative estimate of drug-likeness (QED) is 0.803. The molecule has 1 saturated carbocycles. The lowest BCUT2D eigenvalue weighted by Crippen LogP contribution is -2.55. The van der Waals surface area contributed by atoms with Gasteiger partial charge in [0.25, 0.3) is 0 Å². The lowest BCUT2D eigenvalue weighted by Gasteiger charge is -2.28. The fraction of sp³-hybridized carbons (Fsp3) is 0.474. The van der Waals surface area contributed by atoms with Gasteiger partial charge in [-0.15, -0.1) is 0 Å². The minimum Gasteiger partial charge on any atom is -0.348 e. The number of fused-ring (bicyclic) bond motifs is 1. The molecule has 0 unspecified atom stereocenters. The number of nitrogens with one attached hydrogen (secondary N) is 2. The molecule has 1 saturated heterocycles. The molecular formula is C19H23N3O2.